The van der Waals surface area contributed by atoms with Crippen LogP contribution >= 0.6 is 0 Å². The molecule has 5 heteroatoms. The molecule has 0 saturated carbocycles. The van der Waals surface area contributed by atoms with Crippen molar-refractivity contribution < 1.29 is 4.79 Å². The zero-order chi connectivity index (χ0) is 11.7. The molecule has 1 saturated heterocycles. The standard InChI is InChI=1S/C11H18N4O/c1-8-5-3-4-6-15(8)11(16)9-7-10(12)14(2)13-9/h7-8H,3-6,12H2,1-2H3/t8-/m0/s1. The zero-order valence-electron chi connectivity index (χ0n) is 9.81. The number of nitrogens with zero attached hydrogens (tertiary/aromatic N) is 3. The van der Waals surface area contributed by atoms with Gasteiger partial charge in [0.05, 0.1) is 0 Å². The number of carbonyl (C=O) groups excluding carboxylic acids is 1. The molecule has 0 aliphatic carbocycles. The summed E-state index contributed by atoms with van der Waals surface area (Å²) >= 11 is 0. The zero-order valence-corrected chi connectivity index (χ0v) is 9.81. The number of likely N-dealkylation sites (tertiary alicyclic amines) is 1. The van der Waals surface area contributed by atoms with Crippen molar-refractivity contribution in [1.82, 2.24) is 14.7 Å². The van der Waals surface area contributed by atoms with Crippen molar-refractivity contribution in [3.8, 4) is 0 Å². The molecule has 1 aromatic heterocycles. The number of aromatic nitrogens is 2. The van der Waals surface area contributed by atoms with E-state index in [0.29, 0.717) is 17.6 Å². The highest BCUT2D eigenvalue weighted by Gasteiger charge is 2.25. The van der Waals surface area contributed by atoms with Gasteiger partial charge in [0.25, 0.3) is 5.91 Å². The first-order valence-electron chi connectivity index (χ1n) is 5.70. The summed E-state index contributed by atoms with van der Waals surface area (Å²) in [6.45, 7) is 2.92. The third-order valence-corrected chi connectivity index (χ3v) is 3.20. The normalized spacial score (nSPS) is 21.1. The van der Waals surface area contributed by atoms with Crippen molar-refractivity contribution in [2.45, 2.75) is 32.2 Å². The fraction of sp³-hybridized carbons (Fsp3) is 0.636. The summed E-state index contributed by atoms with van der Waals surface area (Å²) in [4.78, 5) is 14.1. The predicted molar refractivity (Wildman–Crippen MR) is 62.0 cm³/mol. The lowest BCUT2D eigenvalue weighted by molar-refractivity contribution is 0.0628. The number of nitrogens with two attached hydrogens (primary N) is 1. The number of aryl methyl sites for hydroxylation is 1. The number of amides is 1. The second kappa shape index (κ2) is 4.15. The van der Waals surface area contributed by atoms with Gasteiger partial charge in [0, 0.05) is 25.7 Å². The highest BCUT2D eigenvalue weighted by molar-refractivity contribution is 5.93. The van der Waals surface area contributed by atoms with Crippen LogP contribution in [0.1, 0.15) is 36.7 Å². The van der Waals surface area contributed by atoms with Gasteiger partial charge in [-0.1, -0.05) is 0 Å². The topological polar surface area (TPSA) is 64.2 Å². The summed E-state index contributed by atoms with van der Waals surface area (Å²) in [5.41, 5.74) is 6.12. The molecule has 0 aromatic carbocycles. The van der Waals surface area contributed by atoms with Crippen LogP contribution in [0, 0.1) is 0 Å². The number of piperidine rings is 1. The predicted octanol–water partition coefficient (Wildman–Crippen LogP) is 1.02. The Balaban J connectivity index is 2.17. The summed E-state index contributed by atoms with van der Waals surface area (Å²) < 4.78 is 1.53. The van der Waals surface area contributed by atoms with E-state index in [1.807, 2.05) is 4.90 Å². The molecule has 1 fully saturated rings. The third kappa shape index (κ3) is 1.89. The van der Waals surface area contributed by atoms with Crippen molar-refractivity contribution >= 4 is 11.7 Å². The van der Waals surface area contributed by atoms with Gasteiger partial charge < -0.3 is 10.6 Å². The van der Waals surface area contributed by atoms with Crippen LogP contribution in [0.15, 0.2) is 6.07 Å². The van der Waals surface area contributed by atoms with Gasteiger partial charge in [0.2, 0.25) is 0 Å². The fourth-order valence-corrected chi connectivity index (χ4v) is 2.13. The van der Waals surface area contributed by atoms with Gasteiger partial charge in [-0.25, -0.2) is 0 Å². The van der Waals surface area contributed by atoms with Gasteiger partial charge in [-0.3, -0.25) is 9.48 Å². The Bertz CT molecular complexity index is 379. The van der Waals surface area contributed by atoms with Gasteiger partial charge in [0.1, 0.15) is 5.82 Å². The molecule has 2 N–H and O–H groups in total. The maximum absolute atomic E-state index is 12.2. The molecule has 16 heavy (non-hydrogen) atoms. The lowest BCUT2D eigenvalue weighted by Crippen LogP contribution is -2.42. The quantitative estimate of drug-likeness (QED) is 0.771. The minimum Gasteiger partial charge on any atom is -0.384 e. The van der Waals surface area contributed by atoms with E-state index in [2.05, 4.69) is 12.0 Å². The van der Waals surface area contributed by atoms with Crippen LogP contribution in [0.25, 0.3) is 0 Å². The van der Waals surface area contributed by atoms with Gasteiger partial charge in [-0.2, -0.15) is 5.10 Å². The molecule has 2 rings (SSSR count). The Labute approximate surface area is 95.2 Å². The van der Waals surface area contributed by atoms with Crippen LogP contribution < -0.4 is 5.73 Å². The smallest absolute Gasteiger partial charge is 0.274 e. The molecule has 5 nitrogen and oxygen atoms in total. The molecule has 1 aliphatic heterocycles. The average Bonchev–Trinajstić information content (AvgIpc) is 2.59. The summed E-state index contributed by atoms with van der Waals surface area (Å²) in [7, 11) is 1.74. The fourth-order valence-electron chi connectivity index (χ4n) is 2.13. The van der Waals surface area contributed by atoms with E-state index in [9.17, 15) is 4.79 Å². The maximum Gasteiger partial charge on any atom is 0.274 e. The van der Waals surface area contributed by atoms with Crippen molar-refractivity contribution in [2.24, 2.45) is 7.05 Å². The second-order valence-corrected chi connectivity index (χ2v) is 4.42. The number of anilines is 1. The minimum absolute atomic E-state index is 0.000463. The largest absolute Gasteiger partial charge is 0.384 e. The Morgan fingerprint density at radius 3 is 2.88 bits per heavy atom. The van der Waals surface area contributed by atoms with E-state index < -0.39 is 0 Å². The monoisotopic (exact) mass is 222 g/mol. The molecule has 0 spiro atoms. The van der Waals surface area contributed by atoms with Crippen LogP contribution in [0.4, 0.5) is 5.82 Å². The van der Waals surface area contributed by atoms with E-state index in [1.54, 1.807) is 13.1 Å². The first-order chi connectivity index (χ1) is 7.59. The third-order valence-electron chi connectivity index (χ3n) is 3.20. The summed E-state index contributed by atoms with van der Waals surface area (Å²) in [5, 5.41) is 4.12. The molecule has 1 amide bonds. The molecule has 2 heterocycles. The van der Waals surface area contributed by atoms with Crippen molar-refractivity contribution in [3.63, 3.8) is 0 Å². The van der Waals surface area contributed by atoms with Gasteiger partial charge in [0.15, 0.2) is 5.69 Å². The summed E-state index contributed by atoms with van der Waals surface area (Å²) in [5.74, 6) is 0.521. The molecular formula is C11H18N4O. The van der Waals surface area contributed by atoms with Crippen LogP contribution in [0.3, 0.4) is 0 Å². The molecule has 1 aliphatic rings. The Morgan fingerprint density at radius 2 is 2.31 bits per heavy atom. The van der Waals surface area contributed by atoms with E-state index in [-0.39, 0.29) is 5.91 Å². The van der Waals surface area contributed by atoms with E-state index in [4.69, 9.17) is 5.73 Å². The molecule has 1 atom stereocenters. The van der Waals surface area contributed by atoms with Gasteiger partial charge in [-0.05, 0) is 26.2 Å². The number of hydrogen-bond donors (Lipinski definition) is 1. The van der Waals surface area contributed by atoms with Gasteiger partial charge >= 0.3 is 0 Å². The molecular weight excluding hydrogens is 204 g/mol. The van der Waals surface area contributed by atoms with Crippen LogP contribution in [-0.2, 0) is 7.05 Å². The van der Waals surface area contributed by atoms with Crippen molar-refractivity contribution in [1.29, 1.82) is 0 Å². The first kappa shape index (κ1) is 11.0. The SMILES string of the molecule is C[C@H]1CCCCN1C(=O)c1cc(N)n(C)n1. The summed E-state index contributed by atoms with van der Waals surface area (Å²) in [6.07, 6.45) is 3.36. The molecule has 0 unspecified atom stereocenters. The molecule has 88 valence electrons. The molecule has 0 bridgehead atoms. The molecule has 1 aromatic rings. The number of rotatable bonds is 1. The van der Waals surface area contributed by atoms with E-state index >= 15 is 0 Å². The van der Waals surface area contributed by atoms with E-state index in [1.165, 1.54) is 11.1 Å². The number of nitrogen functional groups attached to an aromatic ring is 1. The van der Waals surface area contributed by atoms with Crippen LogP contribution in [0.5, 0.6) is 0 Å². The summed E-state index contributed by atoms with van der Waals surface area (Å²) in [6, 6.07) is 1.95. The Kier molecular flexibility index (Phi) is 2.85. The maximum atomic E-state index is 12.2. The van der Waals surface area contributed by atoms with Crippen LogP contribution in [-0.4, -0.2) is 33.2 Å². The minimum atomic E-state index is -0.000463. The van der Waals surface area contributed by atoms with Crippen LogP contribution in [0.2, 0.25) is 0 Å². The lowest BCUT2D eigenvalue weighted by Gasteiger charge is -2.32. The average molecular weight is 222 g/mol. The Hall–Kier alpha value is -1.52. The van der Waals surface area contributed by atoms with Gasteiger partial charge in [-0.15, -0.1) is 0 Å². The highest BCUT2D eigenvalue weighted by atomic mass is 16.2. The first-order valence-corrected chi connectivity index (χ1v) is 5.70. The van der Waals surface area contributed by atoms with Crippen molar-refractivity contribution in [2.75, 3.05) is 12.3 Å². The number of carbonyl (C=O) groups is 1. The molecule has 0 radical (unpaired) electrons. The highest BCUT2D eigenvalue weighted by Crippen LogP contribution is 2.19. The second-order valence-electron chi connectivity index (χ2n) is 4.42. The van der Waals surface area contributed by atoms with E-state index in [0.717, 1.165) is 19.4 Å². The Morgan fingerprint density at radius 1 is 1.56 bits per heavy atom. The lowest BCUT2D eigenvalue weighted by atomic mass is 10.0. The van der Waals surface area contributed by atoms with Crippen molar-refractivity contribution in [3.05, 3.63) is 11.8 Å². The number of hydrogen-bond acceptors (Lipinski definition) is 3.